The minimum Gasteiger partial charge on any atom is -0.296 e. The van der Waals surface area contributed by atoms with Crippen LogP contribution in [-0.4, -0.2) is 25.7 Å². The summed E-state index contributed by atoms with van der Waals surface area (Å²) in [6.45, 7) is 1.64. The molecule has 0 spiro atoms. The van der Waals surface area contributed by atoms with Crippen LogP contribution in [0.3, 0.4) is 0 Å². The van der Waals surface area contributed by atoms with Crippen molar-refractivity contribution >= 4 is 38.9 Å². The topological polar surface area (TPSA) is 72.2 Å². The summed E-state index contributed by atoms with van der Waals surface area (Å²) in [4.78, 5) is 12.8. The highest BCUT2D eigenvalue weighted by Crippen LogP contribution is 2.26. The summed E-state index contributed by atoms with van der Waals surface area (Å²) in [6, 6.07) is 11.5. The van der Waals surface area contributed by atoms with Gasteiger partial charge in [-0.25, -0.2) is 4.39 Å². The first-order valence-corrected chi connectivity index (χ1v) is 8.76. The quantitative estimate of drug-likeness (QED) is 0.571. The van der Waals surface area contributed by atoms with Crippen LogP contribution in [0.1, 0.15) is 15.9 Å². The summed E-state index contributed by atoms with van der Waals surface area (Å²) >= 11 is 7.18. The van der Waals surface area contributed by atoms with Crippen LogP contribution >= 0.6 is 22.9 Å². The number of carbonyl (C=O) groups is 1. The van der Waals surface area contributed by atoms with Gasteiger partial charge in [0.25, 0.3) is 5.91 Å². The van der Waals surface area contributed by atoms with Crippen LogP contribution in [-0.2, 0) is 0 Å². The standard InChI is InChI=1S/C17H11ClFN5OS/c1-9-5-6-11(8-13(9)19)15(25)20-16-23-24-14(21-22-17(24)26-16)10-3-2-4-12(18)7-10/h2-8H,1H3,(H,20,23,25). The zero-order valence-corrected chi connectivity index (χ0v) is 15.0. The Morgan fingerprint density at radius 3 is 2.85 bits per heavy atom. The molecule has 0 aliphatic heterocycles. The molecule has 0 bridgehead atoms. The van der Waals surface area contributed by atoms with Crippen LogP contribution in [0.15, 0.2) is 42.5 Å². The van der Waals surface area contributed by atoms with Crippen molar-refractivity contribution in [2.24, 2.45) is 0 Å². The number of fused-ring (bicyclic) bond motifs is 1. The van der Waals surface area contributed by atoms with Crippen molar-refractivity contribution in [3.05, 3.63) is 64.4 Å². The van der Waals surface area contributed by atoms with Crippen LogP contribution in [0, 0.1) is 12.7 Å². The molecule has 9 heteroatoms. The molecule has 4 aromatic rings. The third-order valence-corrected chi connectivity index (χ3v) is 4.78. The van der Waals surface area contributed by atoms with Gasteiger partial charge in [-0.15, -0.1) is 15.3 Å². The van der Waals surface area contributed by atoms with Gasteiger partial charge in [-0.05, 0) is 36.8 Å². The molecule has 0 aliphatic rings. The van der Waals surface area contributed by atoms with E-state index in [1.165, 1.54) is 21.9 Å². The SMILES string of the molecule is Cc1ccc(C(=O)Nc2nn3c(-c4cccc(Cl)c4)nnc3s2)cc1F. The third kappa shape index (κ3) is 3.04. The maximum atomic E-state index is 13.6. The molecule has 0 saturated carbocycles. The Balaban J connectivity index is 1.64. The summed E-state index contributed by atoms with van der Waals surface area (Å²) in [7, 11) is 0. The Bertz CT molecular complexity index is 1140. The first kappa shape index (κ1) is 16.6. The van der Waals surface area contributed by atoms with Gasteiger partial charge in [0.15, 0.2) is 5.82 Å². The number of nitrogens with zero attached hydrogens (tertiary/aromatic N) is 4. The van der Waals surface area contributed by atoms with Gasteiger partial charge in [0.2, 0.25) is 10.1 Å². The summed E-state index contributed by atoms with van der Waals surface area (Å²) in [5.74, 6) is -0.363. The zero-order chi connectivity index (χ0) is 18.3. The molecular formula is C17H11ClFN5OS. The van der Waals surface area contributed by atoms with Gasteiger partial charge in [0, 0.05) is 16.1 Å². The second-order valence-corrected chi connectivity index (χ2v) is 6.95. The molecule has 2 aromatic carbocycles. The third-order valence-electron chi connectivity index (χ3n) is 3.73. The number of rotatable bonds is 3. The molecule has 2 heterocycles. The zero-order valence-electron chi connectivity index (χ0n) is 13.4. The van der Waals surface area contributed by atoms with E-state index in [0.29, 0.717) is 26.5 Å². The minimum absolute atomic E-state index is 0.217. The Morgan fingerprint density at radius 2 is 2.08 bits per heavy atom. The fourth-order valence-electron chi connectivity index (χ4n) is 2.38. The number of amides is 1. The lowest BCUT2D eigenvalue weighted by Crippen LogP contribution is -2.12. The van der Waals surface area contributed by atoms with Gasteiger partial charge >= 0.3 is 0 Å². The second-order valence-electron chi connectivity index (χ2n) is 5.55. The van der Waals surface area contributed by atoms with Crippen molar-refractivity contribution < 1.29 is 9.18 Å². The lowest BCUT2D eigenvalue weighted by molar-refractivity contribution is 0.102. The van der Waals surface area contributed by atoms with E-state index in [1.54, 1.807) is 37.3 Å². The highest BCUT2D eigenvalue weighted by Gasteiger charge is 2.16. The van der Waals surface area contributed by atoms with Crippen molar-refractivity contribution in [3.8, 4) is 11.4 Å². The normalized spacial score (nSPS) is 11.0. The molecule has 1 amide bonds. The van der Waals surface area contributed by atoms with E-state index < -0.39 is 11.7 Å². The first-order valence-electron chi connectivity index (χ1n) is 7.57. The van der Waals surface area contributed by atoms with E-state index in [-0.39, 0.29) is 5.56 Å². The number of anilines is 1. The Morgan fingerprint density at radius 1 is 1.23 bits per heavy atom. The highest BCUT2D eigenvalue weighted by molar-refractivity contribution is 7.20. The number of hydrogen-bond acceptors (Lipinski definition) is 5. The number of aryl methyl sites for hydroxylation is 1. The van der Waals surface area contributed by atoms with Gasteiger partial charge < -0.3 is 0 Å². The van der Waals surface area contributed by atoms with E-state index in [0.717, 1.165) is 5.56 Å². The molecule has 26 heavy (non-hydrogen) atoms. The molecule has 1 N–H and O–H groups in total. The smallest absolute Gasteiger partial charge is 0.257 e. The molecule has 130 valence electrons. The van der Waals surface area contributed by atoms with E-state index in [1.807, 2.05) is 6.07 Å². The van der Waals surface area contributed by atoms with Gasteiger partial charge in [-0.2, -0.15) is 4.52 Å². The summed E-state index contributed by atoms with van der Waals surface area (Å²) in [5, 5.41) is 16.1. The van der Waals surface area contributed by atoms with E-state index >= 15 is 0 Å². The van der Waals surface area contributed by atoms with Crippen molar-refractivity contribution in [3.63, 3.8) is 0 Å². The summed E-state index contributed by atoms with van der Waals surface area (Å²) in [6.07, 6.45) is 0. The first-order chi connectivity index (χ1) is 12.5. The minimum atomic E-state index is -0.446. The molecule has 0 atom stereocenters. The fraction of sp³-hybridized carbons (Fsp3) is 0.0588. The highest BCUT2D eigenvalue weighted by atomic mass is 35.5. The Labute approximate surface area is 156 Å². The average Bonchev–Trinajstić information content (AvgIpc) is 3.17. The molecule has 4 rings (SSSR count). The largest absolute Gasteiger partial charge is 0.296 e. The molecule has 0 unspecified atom stereocenters. The summed E-state index contributed by atoms with van der Waals surface area (Å²) < 4.78 is 15.2. The van der Waals surface area contributed by atoms with E-state index in [2.05, 4.69) is 20.6 Å². The molecule has 0 saturated heterocycles. The number of aromatic nitrogens is 4. The van der Waals surface area contributed by atoms with Crippen LogP contribution in [0.2, 0.25) is 5.02 Å². The average molecular weight is 388 g/mol. The molecule has 0 aliphatic carbocycles. The number of benzene rings is 2. The van der Waals surface area contributed by atoms with Gasteiger partial charge in [-0.1, -0.05) is 41.1 Å². The molecule has 2 aromatic heterocycles. The van der Waals surface area contributed by atoms with Crippen LogP contribution in [0.5, 0.6) is 0 Å². The number of carbonyl (C=O) groups excluding carboxylic acids is 1. The lowest BCUT2D eigenvalue weighted by atomic mass is 10.1. The van der Waals surface area contributed by atoms with Gasteiger partial charge in [0.05, 0.1) is 0 Å². The van der Waals surface area contributed by atoms with E-state index in [4.69, 9.17) is 11.6 Å². The van der Waals surface area contributed by atoms with Crippen LogP contribution in [0.25, 0.3) is 16.3 Å². The van der Waals surface area contributed by atoms with Crippen molar-refractivity contribution in [1.29, 1.82) is 0 Å². The number of hydrogen-bond donors (Lipinski definition) is 1. The van der Waals surface area contributed by atoms with Crippen molar-refractivity contribution in [2.75, 3.05) is 5.32 Å². The Hall–Kier alpha value is -2.84. The number of halogens is 2. The monoisotopic (exact) mass is 387 g/mol. The molecule has 0 fully saturated rings. The maximum absolute atomic E-state index is 13.6. The summed E-state index contributed by atoms with van der Waals surface area (Å²) in [5.41, 5.74) is 1.45. The van der Waals surface area contributed by atoms with Crippen molar-refractivity contribution in [2.45, 2.75) is 6.92 Å². The second kappa shape index (κ2) is 6.47. The number of nitrogens with one attached hydrogen (secondary N) is 1. The van der Waals surface area contributed by atoms with E-state index in [9.17, 15) is 9.18 Å². The van der Waals surface area contributed by atoms with Crippen LogP contribution in [0.4, 0.5) is 9.52 Å². The predicted molar refractivity (Wildman–Crippen MR) is 98.2 cm³/mol. The lowest BCUT2D eigenvalue weighted by Gasteiger charge is -2.03. The van der Waals surface area contributed by atoms with Gasteiger partial charge in [0.1, 0.15) is 5.82 Å². The Kier molecular flexibility index (Phi) is 4.14. The maximum Gasteiger partial charge on any atom is 0.257 e. The molecule has 0 radical (unpaired) electrons. The van der Waals surface area contributed by atoms with Crippen LogP contribution < -0.4 is 5.32 Å². The van der Waals surface area contributed by atoms with Gasteiger partial charge in [-0.3, -0.25) is 10.1 Å². The fourth-order valence-corrected chi connectivity index (χ4v) is 3.30. The molecular weight excluding hydrogens is 377 g/mol. The van der Waals surface area contributed by atoms with Crippen molar-refractivity contribution in [1.82, 2.24) is 19.8 Å². The predicted octanol–water partition coefficient (Wildman–Crippen LogP) is 4.21. The molecule has 6 nitrogen and oxygen atoms in total.